The molecule has 1 aliphatic heterocycles. The molecule has 8 heteroatoms. The maximum Gasteiger partial charge on any atom is 0.416 e. The number of nitrogens with zero attached hydrogens (tertiary/aromatic N) is 2. The van der Waals surface area contributed by atoms with Crippen molar-refractivity contribution >= 4 is 11.6 Å². The Kier molecular flexibility index (Phi) is 6.06. The number of hydrogen-bond donors (Lipinski definition) is 1. The third-order valence-electron chi connectivity index (χ3n) is 6.01. The lowest BCUT2D eigenvalue weighted by atomic mass is 9.73. The third kappa shape index (κ3) is 4.55. The molecule has 3 aromatic rings. The summed E-state index contributed by atoms with van der Waals surface area (Å²) in [7, 11) is 0. The topological polar surface area (TPSA) is 56.2 Å². The van der Waals surface area contributed by atoms with E-state index in [0.717, 1.165) is 23.5 Å². The van der Waals surface area contributed by atoms with Crippen LogP contribution in [-0.2, 0) is 27.7 Å². The Morgan fingerprint density at radius 3 is 2.50 bits per heavy atom. The average Bonchev–Trinajstić information content (AvgIpc) is 3.19. The van der Waals surface area contributed by atoms with Gasteiger partial charge in [0.15, 0.2) is 0 Å². The highest BCUT2D eigenvalue weighted by Crippen LogP contribution is 2.39. The zero-order chi connectivity index (χ0) is 22.8. The van der Waals surface area contributed by atoms with E-state index in [0.29, 0.717) is 43.9 Å². The van der Waals surface area contributed by atoms with E-state index in [1.165, 1.54) is 6.07 Å². The second-order valence-electron chi connectivity index (χ2n) is 8.03. The van der Waals surface area contributed by atoms with Crippen molar-refractivity contribution in [1.29, 1.82) is 0 Å². The van der Waals surface area contributed by atoms with Crippen LogP contribution in [0.15, 0.2) is 60.9 Å². The molecule has 2 heterocycles. The van der Waals surface area contributed by atoms with Crippen LogP contribution in [-0.4, -0.2) is 28.7 Å². The number of rotatable bonds is 5. The fraction of sp³-hybridized carbons (Fsp3) is 0.333. The summed E-state index contributed by atoms with van der Waals surface area (Å²) in [6.07, 6.45) is -0.196. The summed E-state index contributed by atoms with van der Waals surface area (Å²) in [6.45, 7) is 3.21. The van der Waals surface area contributed by atoms with Crippen LogP contribution in [0, 0.1) is 6.92 Å². The Morgan fingerprint density at radius 1 is 1.16 bits per heavy atom. The number of halogens is 3. The van der Waals surface area contributed by atoms with E-state index >= 15 is 0 Å². The quantitative estimate of drug-likeness (QED) is 0.607. The average molecular weight is 443 g/mol. The number of nitrogens with one attached hydrogen (secondary N) is 1. The first kappa shape index (κ1) is 22.1. The second kappa shape index (κ2) is 8.78. The first-order chi connectivity index (χ1) is 15.3. The van der Waals surface area contributed by atoms with Crippen molar-refractivity contribution in [2.24, 2.45) is 0 Å². The first-order valence-corrected chi connectivity index (χ1v) is 10.4. The van der Waals surface area contributed by atoms with Gasteiger partial charge in [-0.25, -0.2) is 4.98 Å². The van der Waals surface area contributed by atoms with Gasteiger partial charge in [-0.3, -0.25) is 4.79 Å². The summed E-state index contributed by atoms with van der Waals surface area (Å²) in [5.41, 5.74) is 0.168. The fourth-order valence-electron chi connectivity index (χ4n) is 4.07. The van der Waals surface area contributed by atoms with Crippen molar-refractivity contribution in [1.82, 2.24) is 9.55 Å². The SMILES string of the molecule is Cc1nccn1Cc1ccc(NC(=O)C2(c3cccc(C(F)(F)F)c3)CCOCC2)cc1. The predicted octanol–water partition coefficient (Wildman–Crippen LogP) is 4.95. The molecule has 0 saturated carbocycles. The van der Waals surface area contributed by atoms with Crippen LogP contribution in [0.2, 0.25) is 0 Å². The van der Waals surface area contributed by atoms with E-state index in [2.05, 4.69) is 10.3 Å². The third-order valence-corrected chi connectivity index (χ3v) is 6.01. The van der Waals surface area contributed by atoms with Crippen LogP contribution in [0.4, 0.5) is 18.9 Å². The van der Waals surface area contributed by atoms with E-state index in [1.807, 2.05) is 29.8 Å². The second-order valence-corrected chi connectivity index (χ2v) is 8.03. The minimum absolute atomic E-state index is 0.312. The zero-order valence-corrected chi connectivity index (χ0v) is 17.7. The smallest absolute Gasteiger partial charge is 0.381 e. The Balaban J connectivity index is 1.56. The molecule has 0 spiro atoms. The number of aryl methyl sites for hydroxylation is 1. The lowest BCUT2D eigenvalue weighted by Crippen LogP contribution is -2.45. The minimum Gasteiger partial charge on any atom is -0.381 e. The maximum atomic E-state index is 13.4. The van der Waals surface area contributed by atoms with Gasteiger partial charge in [0.2, 0.25) is 5.91 Å². The van der Waals surface area contributed by atoms with Crippen LogP contribution in [0.1, 0.15) is 35.4 Å². The Morgan fingerprint density at radius 2 is 1.88 bits per heavy atom. The number of anilines is 1. The summed E-state index contributed by atoms with van der Waals surface area (Å²) in [5.74, 6) is 0.586. The van der Waals surface area contributed by atoms with Crippen molar-refractivity contribution in [3.63, 3.8) is 0 Å². The monoisotopic (exact) mass is 443 g/mol. The van der Waals surface area contributed by atoms with Crippen molar-refractivity contribution < 1.29 is 22.7 Å². The lowest BCUT2D eigenvalue weighted by molar-refractivity contribution is -0.138. The molecule has 1 saturated heterocycles. The summed E-state index contributed by atoms with van der Waals surface area (Å²) in [4.78, 5) is 17.6. The molecular formula is C24H24F3N3O2. The van der Waals surface area contributed by atoms with E-state index in [1.54, 1.807) is 24.4 Å². The standard InChI is InChI=1S/C24H24F3N3O2/c1-17-28-11-12-30(17)16-18-5-7-21(8-6-18)29-22(31)23(9-13-32-14-10-23)19-3-2-4-20(15-19)24(25,26)27/h2-8,11-12,15H,9-10,13-14,16H2,1H3,(H,29,31). The molecule has 1 aromatic heterocycles. The van der Waals surface area contributed by atoms with Gasteiger partial charge >= 0.3 is 6.18 Å². The lowest BCUT2D eigenvalue weighted by Gasteiger charge is -2.36. The van der Waals surface area contributed by atoms with E-state index < -0.39 is 17.2 Å². The van der Waals surface area contributed by atoms with Gasteiger partial charge < -0.3 is 14.6 Å². The number of carbonyl (C=O) groups is 1. The molecule has 2 aromatic carbocycles. The normalized spacial score (nSPS) is 16.0. The Hall–Kier alpha value is -3.13. The summed E-state index contributed by atoms with van der Waals surface area (Å²) in [6, 6.07) is 12.5. The molecule has 0 bridgehead atoms. The molecule has 0 unspecified atom stereocenters. The molecular weight excluding hydrogens is 419 g/mol. The molecule has 0 atom stereocenters. The molecule has 32 heavy (non-hydrogen) atoms. The number of hydrogen-bond acceptors (Lipinski definition) is 3. The summed E-state index contributed by atoms with van der Waals surface area (Å²) < 4.78 is 47.2. The Labute approximate surface area is 184 Å². The van der Waals surface area contributed by atoms with E-state index in [9.17, 15) is 18.0 Å². The number of amides is 1. The molecule has 1 fully saturated rings. The van der Waals surface area contributed by atoms with Gasteiger partial charge in [-0.15, -0.1) is 0 Å². The number of carbonyl (C=O) groups excluding carboxylic acids is 1. The summed E-state index contributed by atoms with van der Waals surface area (Å²) in [5, 5.41) is 2.91. The molecule has 1 amide bonds. The van der Waals surface area contributed by atoms with Crippen LogP contribution < -0.4 is 5.32 Å². The van der Waals surface area contributed by atoms with Crippen LogP contribution in [0.25, 0.3) is 0 Å². The van der Waals surface area contributed by atoms with Crippen LogP contribution >= 0.6 is 0 Å². The van der Waals surface area contributed by atoms with Crippen molar-refractivity contribution in [2.45, 2.75) is 37.9 Å². The molecule has 0 aliphatic carbocycles. The van der Waals surface area contributed by atoms with Gasteiger partial charge in [0, 0.05) is 37.8 Å². The molecule has 168 valence electrons. The number of ether oxygens (including phenoxy) is 1. The first-order valence-electron chi connectivity index (χ1n) is 10.4. The van der Waals surface area contributed by atoms with Crippen molar-refractivity contribution in [3.8, 4) is 0 Å². The van der Waals surface area contributed by atoms with Crippen molar-refractivity contribution in [3.05, 3.63) is 83.4 Å². The van der Waals surface area contributed by atoms with E-state index in [-0.39, 0.29) is 5.91 Å². The highest BCUT2D eigenvalue weighted by molar-refractivity contribution is 5.99. The predicted molar refractivity (Wildman–Crippen MR) is 114 cm³/mol. The van der Waals surface area contributed by atoms with E-state index in [4.69, 9.17) is 4.74 Å². The minimum atomic E-state index is -4.47. The van der Waals surface area contributed by atoms with Gasteiger partial charge in [-0.1, -0.05) is 30.3 Å². The highest BCUT2D eigenvalue weighted by atomic mass is 19.4. The molecule has 4 rings (SSSR count). The highest BCUT2D eigenvalue weighted by Gasteiger charge is 2.43. The van der Waals surface area contributed by atoms with Gasteiger partial charge in [0.25, 0.3) is 0 Å². The van der Waals surface area contributed by atoms with Gasteiger partial charge in [-0.05, 0) is 49.1 Å². The van der Waals surface area contributed by atoms with Crippen LogP contribution in [0.5, 0.6) is 0 Å². The van der Waals surface area contributed by atoms with Gasteiger partial charge in [0.1, 0.15) is 5.82 Å². The zero-order valence-electron chi connectivity index (χ0n) is 17.7. The number of aromatic nitrogens is 2. The number of alkyl halides is 3. The maximum absolute atomic E-state index is 13.4. The number of imidazole rings is 1. The fourth-order valence-corrected chi connectivity index (χ4v) is 4.07. The molecule has 1 aliphatic rings. The van der Waals surface area contributed by atoms with Gasteiger partial charge in [-0.2, -0.15) is 13.2 Å². The van der Waals surface area contributed by atoms with Crippen molar-refractivity contribution in [2.75, 3.05) is 18.5 Å². The molecule has 5 nitrogen and oxygen atoms in total. The Bertz CT molecular complexity index is 1080. The molecule has 1 N–H and O–H groups in total. The largest absolute Gasteiger partial charge is 0.416 e. The number of benzene rings is 2. The summed E-state index contributed by atoms with van der Waals surface area (Å²) >= 11 is 0. The van der Waals surface area contributed by atoms with Crippen LogP contribution in [0.3, 0.4) is 0 Å². The van der Waals surface area contributed by atoms with Gasteiger partial charge in [0.05, 0.1) is 11.0 Å². The molecule has 0 radical (unpaired) electrons.